The van der Waals surface area contributed by atoms with E-state index < -0.39 is 0 Å². The van der Waals surface area contributed by atoms with Crippen LogP contribution in [-0.2, 0) is 9.53 Å². The van der Waals surface area contributed by atoms with Gasteiger partial charge in [0.2, 0.25) is 0 Å². The average molecular weight is 187 g/mol. The van der Waals surface area contributed by atoms with Crippen molar-refractivity contribution in [2.24, 2.45) is 0 Å². The zero-order valence-electron chi connectivity index (χ0n) is 9.17. The van der Waals surface area contributed by atoms with Gasteiger partial charge in [-0.05, 0) is 19.5 Å². The lowest BCUT2D eigenvalue weighted by Crippen LogP contribution is -2.41. The molecule has 0 saturated carbocycles. The minimum Gasteiger partial charge on any atom is -0.468 e. The molecule has 0 aliphatic rings. The second-order valence-corrected chi connectivity index (χ2v) is 3.05. The molecule has 0 unspecified atom stereocenters. The van der Waals surface area contributed by atoms with Crippen LogP contribution in [0.15, 0.2) is 0 Å². The van der Waals surface area contributed by atoms with E-state index in [0.29, 0.717) is 0 Å². The highest BCUT2D eigenvalue weighted by molar-refractivity contribution is 5.75. The molecule has 0 aromatic carbocycles. The number of methoxy groups -OCH3 is 1. The summed E-state index contributed by atoms with van der Waals surface area (Å²) < 4.78 is 4.77. The van der Waals surface area contributed by atoms with Crippen molar-refractivity contribution in [1.82, 2.24) is 4.90 Å². The third-order valence-corrected chi connectivity index (χ3v) is 2.29. The zero-order chi connectivity index (χ0) is 10.3. The van der Waals surface area contributed by atoms with Crippen molar-refractivity contribution < 1.29 is 9.53 Å². The van der Waals surface area contributed by atoms with Gasteiger partial charge in [0.25, 0.3) is 0 Å². The number of hydrogen-bond acceptors (Lipinski definition) is 3. The third kappa shape index (κ3) is 3.77. The molecule has 78 valence electrons. The number of carbonyl (C=O) groups excluding carboxylic acids is 1. The number of likely N-dealkylation sites (N-methyl/N-ethyl adjacent to an activating group) is 1. The summed E-state index contributed by atoms with van der Waals surface area (Å²) in [5.41, 5.74) is 0. The molecule has 0 aliphatic carbocycles. The van der Waals surface area contributed by atoms with E-state index in [0.717, 1.165) is 25.9 Å². The Kier molecular flexibility index (Phi) is 6.59. The molecule has 3 nitrogen and oxygen atoms in total. The van der Waals surface area contributed by atoms with Gasteiger partial charge >= 0.3 is 5.97 Å². The van der Waals surface area contributed by atoms with Gasteiger partial charge < -0.3 is 4.74 Å². The maximum absolute atomic E-state index is 11.4. The van der Waals surface area contributed by atoms with Gasteiger partial charge in [0.05, 0.1) is 7.11 Å². The second-order valence-electron chi connectivity index (χ2n) is 3.05. The highest BCUT2D eigenvalue weighted by Gasteiger charge is 2.23. The summed E-state index contributed by atoms with van der Waals surface area (Å²) in [4.78, 5) is 13.5. The zero-order valence-corrected chi connectivity index (χ0v) is 9.17. The molecule has 0 amide bonds. The first-order valence-corrected chi connectivity index (χ1v) is 5.03. The highest BCUT2D eigenvalue weighted by atomic mass is 16.5. The maximum Gasteiger partial charge on any atom is 0.323 e. The van der Waals surface area contributed by atoms with Crippen molar-refractivity contribution in [2.75, 3.05) is 20.2 Å². The Hall–Kier alpha value is -0.570. The smallest absolute Gasteiger partial charge is 0.323 e. The molecule has 0 saturated heterocycles. The molecular weight excluding hydrogens is 166 g/mol. The van der Waals surface area contributed by atoms with E-state index in [-0.39, 0.29) is 12.0 Å². The quantitative estimate of drug-likeness (QED) is 0.592. The van der Waals surface area contributed by atoms with Crippen molar-refractivity contribution in [1.29, 1.82) is 0 Å². The number of rotatable bonds is 6. The van der Waals surface area contributed by atoms with Gasteiger partial charge in [-0.25, -0.2) is 0 Å². The van der Waals surface area contributed by atoms with Crippen LogP contribution in [0.3, 0.4) is 0 Å². The van der Waals surface area contributed by atoms with Crippen LogP contribution in [0.5, 0.6) is 0 Å². The molecule has 3 heteroatoms. The van der Waals surface area contributed by atoms with Crippen LogP contribution in [0, 0.1) is 0 Å². The lowest BCUT2D eigenvalue weighted by atomic mass is 10.1. The SMILES string of the molecule is CCC[C@@H](C(=O)OC)N(CC)CC. The van der Waals surface area contributed by atoms with E-state index in [9.17, 15) is 4.79 Å². The standard InChI is InChI=1S/C10H21NO2/c1-5-8-9(10(12)13-4)11(6-2)7-3/h9H,5-8H2,1-4H3/t9-/m0/s1. The van der Waals surface area contributed by atoms with E-state index in [1.807, 2.05) is 0 Å². The predicted molar refractivity (Wildman–Crippen MR) is 53.6 cm³/mol. The molecule has 0 fully saturated rings. The van der Waals surface area contributed by atoms with Crippen molar-refractivity contribution in [3.05, 3.63) is 0 Å². The molecule has 0 radical (unpaired) electrons. The minimum absolute atomic E-state index is 0.0509. The fourth-order valence-corrected chi connectivity index (χ4v) is 1.52. The van der Waals surface area contributed by atoms with Crippen LogP contribution in [0.2, 0.25) is 0 Å². The summed E-state index contributed by atoms with van der Waals surface area (Å²) in [7, 11) is 1.45. The van der Waals surface area contributed by atoms with E-state index >= 15 is 0 Å². The number of nitrogens with zero attached hydrogens (tertiary/aromatic N) is 1. The first kappa shape index (κ1) is 12.4. The molecule has 0 aromatic heterocycles. The van der Waals surface area contributed by atoms with E-state index in [1.54, 1.807) is 0 Å². The molecule has 0 heterocycles. The minimum atomic E-state index is -0.106. The van der Waals surface area contributed by atoms with Crippen LogP contribution in [0.4, 0.5) is 0 Å². The number of hydrogen-bond donors (Lipinski definition) is 0. The van der Waals surface area contributed by atoms with E-state index in [1.165, 1.54) is 7.11 Å². The first-order valence-electron chi connectivity index (χ1n) is 5.03. The van der Waals surface area contributed by atoms with Gasteiger partial charge in [-0.3, -0.25) is 9.69 Å². The molecule has 0 aromatic rings. The van der Waals surface area contributed by atoms with Gasteiger partial charge in [-0.2, -0.15) is 0 Å². The van der Waals surface area contributed by atoms with Crippen molar-refractivity contribution >= 4 is 5.97 Å². The predicted octanol–water partition coefficient (Wildman–Crippen LogP) is 1.67. The lowest BCUT2D eigenvalue weighted by molar-refractivity contribution is -0.147. The van der Waals surface area contributed by atoms with Crippen LogP contribution >= 0.6 is 0 Å². The summed E-state index contributed by atoms with van der Waals surface area (Å²) in [5.74, 6) is -0.106. The molecule has 0 aliphatic heterocycles. The lowest BCUT2D eigenvalue weighted by Gasteiger charge is -2.26. The summed E-state index contributed by atoms with van der Waals surface area (Å²) in [5, 5.41) is 0. The second kappa shape index (κ2) is 6.89. The number of ether oxygens (including phenoxy) is 1. The van der Waals surface area contributed by atoms with Gasteiger partial charge in [-0.1, -0.05) is 27.2 Å². The maximum atomic E-state index is 11.4. The van der Waals surface area contributed by atoms with Crippen molar-refractivity contribution in [3.8, 4) is 0 Å². The Morgan fingerprint density at radius 3 is 2.15 bits per heavy atom. The summed E-state index contributed by atoms with van der Waals surface area (Å²) in [6, 6.07) is -0.0509. The third-order valence-electron chi connectivity index (χ3n) is 2.29. The van der Waals surface area contributed by atoms with Crippen molar-refractivity contribution in [3.63, 3.8) is 0 Å². The summed E-state index contributed by atoms with van der Waals surface area (Å²) in [6.45, 7) is 8.01. The van der Waals surface area contributed by atoms with E-state index in [2.05, 4.69) is 25.7 Å². The topological polar surface area (TPSA) is 29.5 Å². The first-order chi connectivity index (χ1) is 6.21. The van der Waals surface area contributed by atoms with E-state index in [4.69, 9.17) is 4.74 Å². The summed E-state index contributed by atoms with van der Waals surface area (Å²) in [6.07, 6.45) is 1.89. The van der Waals surface area contributed by atoms with Gasteiger partial charge in [0.15, 0.2) is 0 Å². The highest BCUT2D eigenvalue weighted by Crippen LogP contribution is 2.08. The monoisotopic (exact) mass is 187 g/mol. The number of esters is 1. The molecule has 0 bridgehead atoms. The van der Waals surface area contributed by atoms with Crippen LogP contribution in [0.25, 0.3) is 0 Å². The van der Waals surface area contributed by atoms with Gasteiger partial charge in [0, 0.05) is 0 Å². The Balaban J connectivity index is 4.28. The average Bonchev–Trinajstić information content (AvgIpc) is 2.17. The molecule has 0 N–H and O–H groups in total. The Morgan fingerprint density at radius 1 is 1.31 bits per heavy atom. The number of carbonyl (C=O) groups is 1. The van der Waals surface area contributed by atoms with Crippen LogP contribution in [0.1, 0.15) is 33.6 Å². The fraction of sp³-hybridized carbons (Fsp3) is 0.900. The Labute approximate surface area is 81.1 Å². The van der Waals surface area contributed by atoms with Crippen LogP contribution < -0.4 is 0 Å². The molecule has 0 spiro atoms. The van der Waals surface area contributed by atoms with Gasteiger partial charge in [0.1, 0.15) is 6.04 Å². The molecule has 0 rings (SSSR count). The largest absolute Gasteiger partial charge is 0.468 e. The van der Waals surface area contributed by atoms with Gasteiger partial charge in [-0.15, -0.1) is 0 Å². The van der Waals surface area contributed by atoms with Crippen LogP contribution in [-0.4, -0.2) is 37.1 Å². The molecular formula is C10H21NO2. The molecule has 1 atom stereocenters. The Morgan fingerprint density at radius 2 is 1.85 bits per heavy atom. The fourth-order valence-electron chi connectivity index (χ4n) is 1.52. The molecule has 13 heavy (non-hydrogen) atoms. The summed E-state index contributed by atoms with van der Waals surface area (Å²) >= 11 is 0. The normalized spacial score (nSPS) is 13.0. The van der Waals surface area contributed by atoms with Crippen molar-refractivity contribution in [2.45, 2.75) is 39.7 Å². The Bertz CT molecular complexity index is 144.